The molecular weight excluding hydrogens is 883 g/mol. The van der Waals surface area contributed by atoms with Crippen LogP contribution in [0.25, 0.3) is 11.3 Å². The van der Waals surface area contributed by atoms with E-state index in [1.54, 1.807) is 37.3 Å². The standard InChI is InChI=1S/C22H30ClN5O4.C16H22ClN5O.C6H10O4.H2/c1-14(2)15-11-17(23)25-28-12-16(24-18(15)28)19(29)27-8-7-26(13-21(27,3)4)20(30)22(31)5-9-32-10-6-22;1-10(2)11-7-13(17)20-22-8-12(19-14(11)22)15(23)21-6-5-18-9-16(21,3)4;7-5(8)6(9)1-3-10-4-2-6;/h11-12,14,31H,5-10,13H2,1-4H3;7-8,10,18H,5-6,9H2,1-4H3;9H,1-4H2,(H,7,8);1H. The van der Waals surface area contributed by atoms with E-state index >= 15 is 0 Å². The number of carboxylic acids is 1. The molecule has 0 saturated carbocycles. The molecule has 0 unspecified atom stereocenters. The van der Waals surface area contributed by atoms with Crippen LogP contribution in [0.15, 0.2) is 24.5 Å². The summed E-state index contributed by atoms with van der Waals surface area (Å²) in [4.78, 5) is 64.1. The Labute approximate surface area is 389 Å². The summed E-state index contributed by atoms with van der Waals surface area (Å²) in [6.07, 6.45) is 4.26. The molecule has 4 aromatic rings. The molecule has 4 aromatic heterocycles. The number of aliphatic carboxylic acids is 1. The summed E-state index contributed by atoms with van der Waals surface area (Å²) in [5.41, 5.74) is 0.132. The predicted octanol–water partition coefficient (Wildman–Crippen LogP) is 4.30. The highest BCUT2D eigenvalue weighted by atomic mass is 35.5. The van der Waals surface area contributed by atoms with Gasteiger partial charge in [0.1, 0.15) is 27.3 Å². The minimum atomic E-state index is -1.53. The largest absolute Gasteiger partial charge is 0.479 e. The van der Waals surface area contributed by atoms with Gasteiger partial charge in [-0.3, -0.25) is 14.4 Å². The van der Waals surface area contributed by atoms with Crippen molar-refractivity contribution in [3.05, 3.63) is 57.3 Å². The molecule has 8 rings (SSSR count). The van der Waals surface area contributed by atoms with Crippen molar-refractivity contribution in [3.63, 3.8) is 0 Å². The molecule has 4 fully saturated rings. The Balaban J connectivity index is 0.000000209. The summed E-state index contributed by atoms with van der Waals surface area (Å²) in [5.74, 6) is -1.29. The van der Waals surface area contributed by atoms with Crippen LogP contribution < -0.4 is 5.32 Å². The Morgan fingerprint density at radius 3 is 1.55 bits per heavy atom. The van der Waals surface area contributed by atoms with E-state index < -0.39 is 22.7 Å². The lowest BCUT2D eigenvalue weighted by atomic mass is 9.90. The number of fused-ring (bicyclic) bond motifs is 2. The van der Waals surface area contributed by atoms with E-state index in [9.17, 15) is 29.4 Å². The number of halogens is 2. The van der Waals surface area contributed by atoms with E-state index in [2.05, 4.69) is 53.2 Å². The molecule has 21 heteroatoms. The number of aromatic nitrogens is 6. The number of imidazole rings is 2. The summed E-state index contributed by atoms with van der Waals surface area (Å²) in [7, 11) is 0. The van der Waals surface area contributed by atoms with Crippen molar-refractivity contribution in [3.8, 4) is 0 Å². The fraction of sp³-hybridized carbons (Fsp3) is 0.636. The number of rotatable bonds is 6. The average molecular weight is 948 g/mol. The maximum absolute atomic E-state index is 13.4. The van der Waals surface area contributed by atoms with E-state index in [0.717, 1.165) is 24.2 Å². The van der Waals surface area contributed by atoms with Gasteiger partial charge in [-0.2, -0.15) is 10.2 Å². The molecule has 0 bridgehead atoms. The fourth-order valence-corrected chi connectivity index (χ4v) is 8.87. The second-order valence-electron chi connectivity index (χ2n) is 19.0. The summed E-state index contributed by atoms with van der Waals surface area (Å²) in [6.45, 7) is 20.8. The average Bonchev–Trinajstić information content (AvgIpc) is 3.87. The van der Waals surface area contributed by atoms with Gasteiger partial charge >= 0.3 is 5.97 Å². The Bertz CT molecular complexity index is 2400. The molecule has 0 aliphatic carbocycles. The number of amides is 3. The second kappa shape index (κ2) is 19.8. The maximum Gasteiger partial charge on any atom is 0.335 e. The molecular formula is C44H64Cl2N10O9. The van der Waals surface area contributed by atoms with Gasteiger partial charge in [-0.1, -0.05) is 50.9 Å². The smallest absolute Gasteiger partial charge is 0.335 e. The third-order valence-electron chi connectivity index (χ3n) is 12.4. The van der Waals surface area contributed by atoms with Crippen molar-refractivity contribution in [2.75, 3.05) is 65.7 Å². The number of carboxylic acid groups (broad SMARTS) is 1. The van der Waals surface area contributed by atoms with Gasteiger partial charge in [0, 0.05) is 104 Å². The number of piperazine rings is 2. The quantitative estimate of drug-likeness (QED) is 0.211. The molecule has 358 valence electrons. The van der Waals surface area contributed by atoms with E-state index in [-0.39, 0.29) is 55.1 Å². The predicted molar refractivity (Wildman–Crippen MR) is 244 cm³/mol. The SMILES string of the molecule is CC(C)c1cc(Cl)nn2cc(C(=O)N3CCN(C(=O)C4(O)CCOCC4)CC3(C)C)nc12.CC(C)c1cc(Cl)nn2cc(C(=O)N3CCNCC3(C)C)nc12.O=C(O)C1(O)CCOCC1.[HH]. The van der Waals surface area contributed by atoms with Gasteiger partial charge in [0.15, 0.2) is 16.9 Å². The molecule has 0 spiro atoms. The van der Waals surface area contributed by atoms with Gasteiger partial charge in [0.05, 0.1) is 23.5 Å². The monoisotopic (exact) mass is 946 g/mol. The third-order valence-corrected chi connectivity index (χ3v) is 12.8. The lowest BCUT2D eigenvalue weighted by Gasteiger charge is -2.48. The molecule has 0 radical (unpaired) electrons. The highest BCUT2D eigenvalue weighted by Crippen LogP contribution is 2.30. The van der Waals surface area contributed by atoms with Gasteiger partial charge in [-0.05, 0) is 51.7 Å². The Kier molecular flexibility index (Phi) is 15.2. The molecule has 4 aliphatic rings. The van der Waals surface area contributed by atoms with E-state index in [1.807, 2.05) is 38.7 Å². The van der Waals surface area contributed by atoms with Crippen molar-refractivity contribution < 1.29 is 45.4 Å². The number of hydrogen-bond donors (Lipinski definition) is 4. The highest BCUT2D eigenvalue weighted by molar-refractivity contribution is 6.29. The Hall–Kier alpha value is -4.50. The number of carbonyl (C=O) groups is 4. The van der Waals surface area contributed by atoms with Gasteiger partial charge in [-0.25, -0.2) is 23.8 Å². The van der Waals surface area contributed by atoms with Crippen LogP contribution in [-0.2, 0) is 19.1 Å². The minimum absolute atomic E-state index is 0. The molecule has 3 amide bonds. The highest BCUT2D eigenvalue weighted by Gasteiger charge is 2.46. The molecule has 4 aliphatic heterocycles. The second-order valence-corrected chi connectivity index (χ2v) is 19.8. The molecule has 4 N–H and O–H groups in total. The van der Waals surface area contributed by atoms with Crippen molar-refractivity contribution in [1.29, 1.82) is 0 Å². The van der Waals surface area contributed by atoms with E-state index in [1.165, 1.54) is 0 Å². The molecule has 0 atom stereocenters. The van der Waals surface area contributed by atoms with Crippen LogP contribution in [0.1, 0.15) is 126 Å². The number of hydrogen-bond acceptors (Lipinski definition) is 13. The first-order valence-electron chi connectivity index (χ1n) is 22.1. The molecule has 65 heavy (non-hydrogen) atoms. The van der Waals surface area contributed by atoms with Crippen LogP contribution in [0.5, 0.6) is 0 Å². The lowest BCUT2D eigenvalue weighted by molar-refractivity contribution is -0.167. The lowest BCUT2D eigenvalue weighted by Crippen LogP contribution is -2.65. The van der Waals surface area contributed by atoms with Gasteiger partial charge in [-0.15, -0.1) is 0 Å². The van der Waals surface area contributed by atoms with Crippen molar-refractivity contribution in [2.24, 2.45) is 0 Å². The fourth-order valence-electron chi connectivity index (χ4n) is 8.47. The minimum Gasteiger partial charge on any atom is -0.479 e. The summed E-state index contributed by atoms with van der Waals surface area (Å²) < 4.78 is 13.3. The van der Waals surface area contributed by atoms with Crippen LogP contribution >= 0.6 is 23.2 Å². The zero-order valence-electron chi connectivity index (χ0n) is 38.4. The number of carbonyl (C=O) groups excluding carboxylic acids is 3. The summed E-state index contributed by atoms with van der Waals surface area (Å²) in [5, 5.41) is 41.1. The van der Waals surface area contributed by atoms with E-state index in [0.29, 0.717) is 92.7 Å². The van der Waals surface area contributed by atoms with Crippen LogP contribution in [-0.4, -0.2) is 171 Å². The number of aliphatic hydroxyl groups is 2. The molecule has 4 saturated heterocycles. The Morgan fingerprint density at radius 2 is 1.15 bits per heavy atom. The topological polar surface area (TPSA) is 230 Å². The van der Waals surface area contributed by atoms with Crippen molar-refractivity contribution >= 4 is 58.2 Å². The van der Waals surface area contributed by atoms with Crippen molar-refractivity contribution in [2.45, 2.75) is 115 Å². The van der Waals surface area contributed by atoms with Crippen LogP contribution in [0.4, 0.5) is 0 Å². The summed E-state index contributed by atoms with van der Waals surface area (Å²) >= 11 is 12.2. The van der Waals surface area contributed by atoms with Gasteiger partial charge < -0.3 is 44.8 Å². The summed E-state index contributed by atoms with van der Waals surface area (Å²) in [6, 6.07) is 3.59. The Morgan fingerprint density at radius 1 is 0.708 bits per heavy atom. The van der Waals surface area contributed by atoms with E-state index in [4.69, 9.17) is 37.8 Å². The third kappa shape index (κ3) is 11.0. The zero-order chi connectivity index (χ0) is 47.6. The molecule has 8 heterocycles. The first kappa shape index (κ1) is 49.9. The van der Waals surface area contributed by atoms with Crippen LogP contribution in [0.2, 0.25) is 10.3 Å². The van der Waals surface area contributed by atoms with Gasteiger partial charge in [0.25, 0.3) is 17.7 Å². The number of ether oxygens (including phenoxy) is 2. The first-order valence-corrected chi connectivity index (χ1v) is 22.8. The number of nitrogens with one attached hydrogen (secondary N) is 1. The zero-order valence-corrected chi connectivity index (χ0v) is 39.9. The normalized spacial score (nSPS) is 20.2. The molecule has 0 aromatic carbocycles. The van der Waals surface area contributed by atoms with Crippen LogP contribution in [0, 0.1) is 0 Å². The molecule has 19 nitrogen and oxygen atoms in total. The van der Waals surface area contributed by atoms with Crippen molar-refractivity contribution in [1.82, 2.24) is 49.2 Å². The maximum atomic E-state index is 13.4. The van der Waals surface area contributed by atoms with Crippen LogP contribution in [0.3, 0.4) is 0 Å². The number of nitrogens with zero attached hydrogens (tertiary/aromatic N) is 9. The van der Waals surface area contributed by atoms with Gasteiger partial charge in [0.2, 0.25) is 0 Å². The first-order chi connectivity index (χ1) is 30.5.